The summed E-state index contributed by atoms with van der Waals surface area (Å²) in [6.07, 6.45) is 3.98. The molecule has 7 heteroatoms. The van der Waals surface area contributed by atoms with E-state index in [4.69, 9.17) is 4.74 Å². The van der Waals surface area contributed by atoms with Crippen molar-refractivity contribution in [3.63, 3.8) is 0 Å². The van der Waals surface area contributed by atoms with Crippen LogP contribution in [0.4, 0.5) is 4.39 Å². The lowest BCUT2D eigenvalue weighted by Gasteiger charge is -2.39. The normalized spacial score (nSPS) is 26.5. The average molecular weight is 419 g/mol. The second-order valence-corrected chi connectivity index (χ2v) is 8.62. The van der Waals surface area contributed by atoms with Gasteiger partial charge in [-0.2, -0.15) is 0 Å². The zero-order valence-corrected chi connectivity index (χ0v) is 17.7. The Hall–Kier alpha value is -2.44. The Morgan fingerprint density at radius 1 is 1.20 bits per heavy atom. The highest BCUT2D eigenvalue weighted by Gasteiger charge is 2.42. The SMILES string of the molecule is C[C@@H]1[C@H](C)CCC[C@H]1N1C[C@H](C(=O)OCC(=O)NCCc2ccc(F)cc2)CC1=O. The molecule has 3 rings (SSSR count). The van der Waals surface area contributed by atoms with Crippen molar-refractivity contribution >= 4 is 17.8 Å². The number of carbonyl (C=O) groups is 3. The molecule has 1 heterocycles. The maximum Gasteiger partial charge on any atom is 0.311 e. The first-order valence-electron chi connectivity index (χ1n) is 10.8. The van der Waals surface area contributed by atoms with Gasteiger partial charge in [-0.1, -0.05) is 38.8 Å². The van der Waals surface area contributed by atoms with E-state index < -0.39 is 11.9 Å². The van der Waals surface area contributed by atoms with Crippen LogP contribution in [0.25, 0.3) is 0 Å². The van der Waals surface area contributed by atoms with Crippen LogP contribution < -0.4 is 5.32 Å². The number of likely N-dealkylation sites (tertiary alicyclic amines) is 1. The first kappa shape index (κ1) is 22.2. The fourth-order valence-corrected chi connectivity index (χ4v) is 4.51. The van der Waals surface area contributed by atoms with Crippen molar-refractivity contribution in [3.8, 4) is 0 Å². The third kappa shape index (κ3) is 5.58. The molecule has 1 aliphatic heterocycles. The summed E-state index contributed by atoms with van der Waals surface area (Å²) in [4.78, 5) is 38.7. The largest absolute Gasteiger partial charge is 0.455 e. The second-order valence-electron chi connectivity index (χ2n) is 8.62. The predicted molar refractivity (Wildman–Crippen MR) is 110 cm³/mol. The Kier molecular flexibility index (Phi) is 7.45. The molecule has 1 aromatic rings. The number of nitrogens with zero attached hydrogens (tertiary/aromatic N) is 1. The van der Waals surface area contributed by atoms with E-state index in [0.717, 1.165) is 18.4 Å². The van der Waals surface area contributed by atoms with Crippen molar-refractivity contribution in [3.05, 3.63) is 35.6 Å². The minimum absolute atomic E-state index is 0.00616. The lowest BCUT2D eigenvalue weighted by Crippen LogP contribution is -2.45. The molecule has 0 unspecified atom stereocenters. The molecule has 0 radical (unpaired) electrons. The maximum absolute atomic E-state index is 12.9. The molecule has 6 nitrogen and oxygen atoms in total. The number of carbonyl (C=O) groups excluding carboxylic acids is 3. The molecule has 1 aromatic carbocycles. The van der Waals surface area contributed by atoms with Gasteiger partial charge in [0.15, 0.2) is 6.61 Å². The molecule has 0 bridgehead atoms. The van der Waals surface area contributed by atoms with Crippen LogP contribution in [0, 0.1) is 23.6 Å². The smallest absolute Gasteiger partial charge is 0.311 e. The molecule has 2 fully saturated rings. The fourth-order valence-electron chi connectivity index (χ4n) is 4.51. The van der Waals surface area contributed by atoms with Crippen molar-refractivity contribution in [2.45, 2.75) is 52.0 Å². The fraction of sp³-hybridized carbons (Fsp3) is 0.609. The van der Waals surface area contributed by atoms with E-state index in [1.54, 1.807) is 12.1 Å². The van der Waals surface area contributed by atoms with E-state index in [2.05, 4.69) is 19.2 Å². The lowest BCUT2D eigenvalue weighted by atomic mass is 9.77. The summed E-state index contributed by atoms with van der Waals surface area (Å²) in [5, 5.41) is 2.68. The molecular formula is C23H31FN2O4. The summed E-state index contributed by atoms with van der Waals surface area (Å²) in [6.45, 7) is 4.80. The summed E-state index contributed by atoms with van der Waals surface area (Å²) >= 11 is 0. The molecule has 164 valence electrons. The zero-order valence-electron chi connectivity index (χ0n) is 17.7. The molecule has 1 saturated carbocycles. The number of rotatable bonds is 7. The van der Waals surface area contributed by atoms with E-state index in [-0.39, 0.29) is 36.7 Å². The van der Waals surface area contributed by atoms with Gasteiger partial charge in [-0.05, 0) is 42.4 Å². The number of halogens is 1. The van der Waals surface area contributed by atoms with Crippen LogP contribution >= 0.6 is 0 Å². The quantitative estimate of drug-likeness (QED) is 0.691. The molecule has 1 saturated heterocycles. The molecule has 0 spiro atoms. The van der Waals surface area contributed by atoms with Crippen molar-refractivity contribution in [1.82, 2.24) is 10.2 Å². The molecule has 2 amide bonds. The molecule has 1 N–H and O–H groups in total. The van der Waals surface area contributed by atoms with E-state index in [1.165, 1.54) is 18.6 Å². The third-order valence-electron chi connectivity index (χ3n) is 6.55. The summed E-state index contributed by atoms with van der Waals surface area (Å²) in [7, 11) is 0. The monoisotopic (exact) mass is 418 g/mol. The first-order chi connectivity index (χ1) is 14.3. The van der Waals surface area contributed by atoms with Crippen LogP contribution in [0.2, 0.25) is 0 Å². The molecule has 30 heavy (non-hydrogen) atoms. The van der Waals surface area contributed by atoms with E-state index in [9.17, 15) is 18.8 Å². The summed E-state index contributed by atoms with van der Waals surface area (Å²) < 4.78 is 18.0. The second kappa shape index (κ2) is 10.0. The number of benzene rings is 1. The number of hydrogen-bond donors (Lipinski definition) is 1. The van der Waals surface area contributed by atoms with Gasteiger partial charge >= 0.3 is 5.97 Å². The van der Waals surface area contributed by atoms with Crippen molar-refractivity contribution < 1.29 is 23.5 Å². The number of esters is 1. The topological polar surface area (TPSA) is 75.7 Å². The number of amides is 2. The Balaban J connectivity index is 1.39. The maximum atomic E-state index is 12.9. The third-order valence-corrected chi connectivity index (χ3v) is 6.55. The van der Waals surface area contributed by atoms with Crippen LogP contribution in [0.1, 0.15) is 45.1 Å². The predicted octanol–water partition coefficient (Wildman–Crippen LogP) is 2.70. The minimum Gasteiger partial charge on any atom is -0.455 e. The van der Waals surface area contributed by atoms with Gasteiger partial charge in [0.25, 0.3) is 5.91 Å². The van der Waals surface area contributed by atoms with Crippen molar-refractivity contribution in [2.75, 3.05) is 19.7 Å². The van der Waals surface area contributed by atoms with Crippen LogP contribution in [0.15, 0.2) is 24.3 Å². The highest BCUT2D eigenvalue weighted by Crippen LogP contribution is 2.35. The van der Waals surface area contributed by atoms with Gasteiger partial charge in [-0.25, -0.2) is 4.39 Å². The van der Waals surface area contributed by atoms with Gasteiger partial charge < -0.3 is 15.0 Å². The highest BCUT2D eigenvalue weighted by molar-refractivity contribution is 5.88. The van der Waals surface area contributed by atoms with Crippen LogP contribution in [0.3, 0.4) is 0 Å². The minimum atomic E-state index is -0.506. The number of nitrogens with one attached hydrogen (secondary N) is 1. The lowest BCUT2D eigenvalue weighted by molar-refractivity contribution is -0.152. The molecular weight excluding hydrogens is 387 g/mol. The Morgan fingerprint density at radius 3 is 2.67 bits per heavy atom. The van der Waals surface area contributed by atoms with E-state index in [0.29, 0.717) is 31.3 Å². The van der Waals surface area contributed by atoms with Gasteiger partial charge in [0.1, 0.15) is 5.82 Å². The average Bonchev–Trinajstić information content (AvgIpc) is 3.11. The van der Waals surface area contributed by atoms with Crippen LogP contribution in [-0.4, -0.2) is 48.4 Å². The van der Waals surface area contributed by atoms with Crippen LogP contribution in [0.5, 0.6) is 0 Å². The Labute approximate surface area is 177 Å². The summed E-state index contributed by atoms with van der Waals surface area (Å²) in [5.41, 5.74) is 0.907. The Bertz CT molecular complexity index is 767. The standard InChI is InChI=1S/C23H31FN2O4/c1-15-4-3-5-20(16(15)2)26-13-18(12-22(26)28)23(29)30-14-21(27)25-11-10-17-6-8-19(24)9-7-17/h6-9,15-16,18,20H,3-5,10-14H2,1-2H3,(H,25,27)/t15-,16-,18-,20-/m1/s1. The molecule has 1 aliphatic carbocycles. The van der Waals surface area contributed by atoms with Crippen molar-refractivity contribution in [1.29, 1.82) is 0 Å². The van der Waals surface area contributed by atoms with Gasteiger partial charge in [0.05, 0.1) is 5.92 Å². The van der Waals surface area contributed by atoms with Gasteiger partial charge in [-0.15, -0.1) is 0 Å². The molecule has 2 aliphatic rings. The van der Waals surface area contributed by atoms with Gasteiger partial charge in [-0.3, -0.25) is 14.4 Å². The van der Waals surface area contributed by atoms with E-state index in [1.807, 2.05) is 4.90 Å². The van der Waals surface area contributed by atoms with Crippen molar-refractivity contribution in [2.24, 2.45) is 17.8 Å². The number of ether oxygens (including phenoxy) is 1. The number of hydrogen-bond acceptors (Lipinski definition) is 4. The zero-order chi connectivity index (χ0) is 21.7. The Morgan fingerprint density at radius 2 is 1.93 bits per heavy atom. The molecule has 0 aromatic heterocycles. The van der Waals surface area contributed by atoms with Gasteiger partial charge in [0, 0.05) is 25.6 Å². The highest BCUT2D eigenvalue weighted by atomic mass is 19.1. The summed E-state index contributed by atoms with van der Waals surface area (Å²) in [6, 6.07) is 6.27. The van der Waals surface area contributed by atoms with Gasteiger partial charge in [0.2, 0.25) is 5.91 Å². The molecule has 4 atom stereocenters. The summed E-state index contributed by atoms with van der Waals surface area (Å²) in [5.74, 6) is -0.686. The first-order valence-corrected chi connectivity index (χ1v) is 10.8. The van der Waals surface area contributed by atoms with Crippen LogP contribution in [-0.2, 0) is 25.5 Å². The van der Waals surface area contributed by atoms with E-state index >= 15 is 0 Å².